The van der Waals surface area contributed by atoms with E-state index in [1.165, 1.54) is 49.9 Å². The molecule has 6 nitrogen and oxygen atoms in total. The Morgan fingerprint density at radius 2 is 1.19 bits per heavy atom. The molecule has 0 saturated heterocycles. The lowest BCUT2D eigenvalue weighted by molar-refractivity contribution is 0.194. The van der Waals surface area contributed by atoms with Gasteiger partial charge in [0, 0.05) is 5.02 Å². The van der Waals surface area contributed by atoms with E-state index in [-0.39, 0.29) is 18.1 Å². The molecule has 0 aromatic heterocycles. The van der Waals surface area contributed by atoms with Crippen LogP contribution in [0.15, 0.2) is 29.2 Å². The molecule has 0 unspecified atom stereocenters. The highest BCUT2D eigenvalue weighted by Gasteiger charge is 2.32. The second-order valence-corrected chi connectivity index (χ2v) is 11.9. The number of nitrogens with one attached hydrogen (secondary N) is 1. The van der Waals surface area contributed by atoms with Crippen LogP contribution in [0, 0.1) is 0 Å². The van der Waals surface area contributed by atoms with Crippen LogP contribution in [0.4, 0.5) is 0 Å². The molecular weight excluding hydrogens is 457 g/mol. The lowest BCUT2D eigenvalue weighted by Crippen LogP contribution is -2.24. The van der Waals surface area contributed by atoms with Crippen LogP contribution in [0.2, 0.25) is 5.02 Å². The summed E-state index contributed by atoms with van der Waals surface area (Å²) in [7, 11) is -8.08. The third-order valence-electron chi connectivity index (χ3n) is 4.87. The van der Waals surface area contributed by atoms with Gasteiger partial charge in [-0.2, -0.15) is 0 Å². The molecule has 0 aliphatic carbocycles. The van der Waals surface area contributed by atoms with Crippen LogP contribution in [-0.2, 0) is 23.6 Å². The van der Waals surface area contributed by atoms with Crippen molar-refractivity contribution in [3.8, 4) is 0 Å². The van der Waals surface area contributed by atoms with Crippen molar-refractivity contribution in [3.05, 3.63) is 29.3 Å². The van der Waals surface area contributed by atoms with Gasteiger partial charge in [-0.25, -0.2) is 13.0 Å². The molecule has 0 saturated carbocycles. The fourth-order valence-electron chi connectivity index (χ4n) is 3.04. The van der Waals surface area contributed by atoms with Crippen molar-refractivity contribution in [2.45, 2.75) is 95.8 Å². The topological polar surface area (TPSA) is 81.7 Å². The maximum atomic E-state index is 13.2. The predicted molar refractivity (Wildman–Crippen MR) is 128 cm³/mol. The van der Waals surface area contributed by atoms with Crippen molar-refractivity contribution in [1.82, 2.24) is 4.49 Å². The molecular formula is C22H39ClNO5PS. The smallest absolute Gasteiger partial charge is 0.296 e. The van der Waals surface area contributed by atoms with Gasteiger partial charge in [0.25, 0.3) is 0 Å². The van der Waals surface area contributed by atoms with E-state index in [1.807, 2.05) is 0 Å². The van der Waals surface area contributed by atoms with Crippen LogP contribution in [-0.4, -0.2) is 21.6 Å². The molecule has 0 atom stereocenters. The minimum absolute atomic E-state index is 0.0385. The molecule has 0 aliphatic rings. The second-order valence-electron chi connectivity index (χ2n) is 7.75. The van der Waals surface area contributed by atoms with Gasteiger partial charge >= 0.3 is 7.75 Å². The van der Waals surface area contributed by atoms with Crippen LogP contribution in [0.1, 0.15) is 90.9 Å². The first kappa shape index (κ1) is 28.6. The van der Waals surface area contributed by atoms with Crippen molar-refractivity contribution in [1.29, 1.82) is 0 Å². The minimum Gasteiger partial charge on any atom is -0.296 e. The van der Waals surface area contributed by atoms with Crippen molar-refractivity contribution in [3.63, 3.8) is 0 Å². The first-order valence-electron chi connectivity index (χ1n) is 11.5. The monoisotopic (exact) mass is 495 g/mol. The normalized spacial score (nSPS) is 12.4. The number of benzene rings is 1. The van der Waals surface area contributed by atoms with Gasteiger partial charge in [0.1, 0.15) is 0 Å². The highest BCUT2D eigenvalue weighted by molar-refractivity contribution is 7.94. The molecule has 0 bridgehead atoms. The molecule has 0 amide bonds. The van der Waals surface area contributed by atoms with Crippen molar-refractivity contribution in [2.24, 2.45) is 0 Å². The van der Waals surface area contributed by atoms with Crippen LogP contribution in [0.3, 0.4) is 0 Å². The van der Waals surface area contributed by atoms with E-state index in [2.05, 4.69) is 18.3 Å². The van der Waals surface area contributed by atoms with Crippen LogP contribution >= 0.6 is 19.3 Å². The van der Waals surface area contributed by atoms with E-state index >= 15 is 0 Å². The number of halogens is 1. The summed E-state index contributed by atoms with van der Waals surface area (Å²) in [6.07, 6.45) is 12.5. The van der Waals surface area contributed by atoms with Crippen LogP contribution in [0.5, 0.6) is 0 Å². The first-order chi connectivity index (χ1) is 14.8. The first-order valence-corrected chi connectivity index (χ1v) is 14.9. The molecule has 0 heterocycles. The Morgan fingerprint density at radius 3 is 1.65 bits per heavy atom. The molecule has 0 fully saturated rings. The summed E-state index contributed by atoms with van der Waals surface area (Å²) in [6.45, 7) is 4.69. The summed E-state index contributed by atoms with van der Waals surface area (Å²) in [6, 6.07) is 5.65. The van der Waals surface area contributed by atoms with E-state index < -0.39 is 17.8 Å². The lowest BCUT2D eigenvalue weighted by atomic mass is 10.1. The van der Waals surface area contributed by atoms with Crippen molar-refractivity contribution in [2.75, 3.05) is 13.2 Å². The fourth-order valence-corrected chi connectivity index (χ4v) is 6.49. The Balaban J connectivity index is 2.63. The number of sulfonamides is 1. The number of unbranched alkanes of at least 4 members (excludes halogenated alkanes) is 10. The van der Waals surface area contributed by atoms with E-state index in [1.54, 1.807) is 0 Å². The summed E-state index contributed by atoms with van der Waals surface area (Å²) >= 11 is 5.84. The van der Waals surface area contributed by atoms with Crippen LogP contribution in [0.25, 0.3) is 0 Å². The van der Waals surface area contributed by atoms with Gasteiger partial charge in [-0.05, 0) is 37.1 Å². The zero-order chi connectivity index (χ0) is 23.0. The molecule has 0 aliphatic heterocycles. The zero-order valence-electron chi connectivity index (χ0n) is 19.0. The third-order valence-corrected chi connectivity index (χ3v) is 8.92. The third kappa shape index (κ3) is 13.0. The second kappa shape index (κ2) is 16.2. The predicted octanol–water partition coefficient (Wildman–Crippen LogP) is 7.48. The number of hydrogen-bond acceptors (Lipinski definition) is 5. The summed E-state index contributed by atoms with van der Waals surface area (Å²) in [5, 5.41) is 0.417. The average molecular weight is 496 g/mol. The Labute approximate surface area is 194 Å². The molecule has 1 aromatic rings. The van der Waals surface area contributed by atoms with Gasteiger partial charge < -0.3 is 0 Å². The highest BCUT2D eigenvalue weighted by Crippen LogP contribution is 2.45. The minimum atomic E-state index is -4.07. The molecule has 0 radical (unpaired) electrons. The van der Waals surface area contributed by atoms with Crippen molar-refractivity contribution < 1.29 is 22.0 Å². The highest BCUT2D eigenvalue weighted by atomic mass is 35.5. The average Bonchev–Trinajstić information content (AvgIpc) is 2.72. The van der Waals surface area contributed by atoms with Crippen molar-refractivity contribution >= 4 is 29.4 Å². The van der Waals surface area contributed by atoms with E-state index in [4.69, 9.17) is 20.6 Å². The standard InChI is InChI=1S/C22H39ClNO5PS/c1-3-5-7-9-11-13-19-28-30(25,29-20-14-12-10-8-6-4-2)24-31(26,27)22-17-15-21(23)16-18-22/h15-18H,3-14,19-20H2,1-2H3,(H,24,25). The molecule has 31 heavy (non-hydrogen) atoms. The van der Waals surface area contributed by atoms with Gasteiger partial charge in [0.05, 0.1) is 18.1 Å². The molecule has 9 heteroatoms. The Morgan fingerprint density at radius 1 is 0.774 bits per heavy atom. The molecule has 1 aromatic carbocycles. The zero-order valence-corrected chi connectivity index (χ0v) is 21.5. The number of hydrogen-bond donors (Lipinski definition) is 1. The SMILES string of the molecule is CCCCCCCCOP(=O)(NS(=O)(=O)c1ccc(Cl)cc1)OCCCCCCCC. The van der Waals surface area contributed by atoms with E-state index in [9.17, 15) is 13.0 Å². The number of rotatable bonds is 19. The summed E-state index contributed by atoms with van der Waals surface area (Å²) in [4.78, 5) is -0.0385. The van der Waals surface area contributed by atoms with Crippen LogP contribution < -0.4 is 4.49 Å². The van der Waals surface area contributed by atoms with Gasteiger partial charge in [0.2, 0.25) is 10.0 Å². The summed E-state index contributed by atoms with van der Waals surface area (Å²) in [5.41, 5.74) is 0. The fraction of sp³-hybridized carbons (Fsp3) is 0.727. The quantitative estimate of drug-likeness (QED) is 0.159. The molecule has 1 rings (SSSR count). The van der Waals surface area contributed by atoms with E-state index in [0.29, 0.717) is 17.9 Å². The van der Waals surface area contributed by atoms with E-state index in [0.717, 1.165) is 38.5 Å². The van der Waals surface area contributed by atoms with Gasteiger partial charge in [-0.15, -0.1) is 4.49 Å². The maximum absolute atomic E-state index is 13.2. The Hall–Kier alpha value is -0.430. The molecule has 1 N–H and O–H groups in total. The summed E-state index contributed by atoms with van der Waals surface area (Å²) < 4.78 is 51.7. The van der Waals surface area contributed by atoms with Gasteiger partial charge in [-0.3, -0.25) is 9.05 Å². The Bertz CT molecular complexity index is 721. The Kier molecular flexibility index (Phi) is 15.0. The van der Waals surface area contributed by atoms with Gasteiger partial charge in [-0.1, -0.05) is 89.7 Å². The molecule has 0 spiro atoms. The lowest BCUT2D eigenvalue weighted by Gasteiger charge is -2.19. The van der Waals surface area contributed by atoms with Gasteiger partial charge in [0.15, 0.2) is 0 Å². The largest absolute Gasteiger partial charge is 0.419 e. The molecule has 180 valence electrons. The maximum Gasteiger partial charge on any atom is 0.419 e. The summed E-state index contributed by atoms with van der Waals surface area (Å²) in [5.74, 6) is 0.